The molecule has 1 saturated heterocycles. The van der Waals surface area contributed by atoms with Crippen molar-refractivity contribution in [1.82, 2.24) is 9.62 Å². The van der Waals surface area contributed by atoms with Crippen LogP contribution < -0.4 is 20.1 Å². The molecule has 32 heavy (non-hydrogen) atoms. The van der Waals surface area contributed by atoms with E-state index in [1.54, 1.807) is 25.3 Å². The van der Waals surface area contributed by atoms with Crippen LogP contribution in [0.1, 0.15) is 25.3 Å². The van der Waals surface area contributed by atoms with Crippen LogP contribution in [0.5, 0.6) is 11.5 Å². The molecule has 3 rings (SSSR count). The number of ether oxygens (including phenoxy) is 2. The van der Waals surface area contributed by atoms with Crippen molar-refractivity contribution in [2.24, 2.45) is 0 Å². The first kappa shape index (κ1) is 23.9. The van der Waals surface area contributed by atoms with Gasteiger partial charge in [0.2, 0.25) is 15.9 Å². The molecule has 2 aromatic carbocycles. The number of carbonyl (C=O) groups is 1. The number of methoxy groups -OCH3 is 1. The first-order chi connectivity index (χ1) is 15.4. The lowest BCUT2D eigenvalue weighted by molar-refractivity contribution is -0.119. The van der Waals surface area contributed by atoms with Crippen LogP contribution in [-0.2, 0) is 21.2 Å². The third kappa shape index (κ3) is 6.14. The summed E-state index contributed by atoms with van der Waals surface area (Å²) in [6.07, 6.45) is 2.42. The number of nitrogens with zero attached hydrogens (tertiary/aromatic N) is 1. The Morgan fingerprint density at radius 2 is 1.81 bits per heavy atom. The maximum absolute atomic E-state index is 13.1. The predicted octanol–water partition coefficient (Wildman–Crippen LogP) is 2.65. The summed E-state index contributed by atoms with van der Waals surface area (Å²) in [6, 6.07) is 12.6. The Bertz CT molecular complexity index is 1000. The Balaban J connectivity index is 1.57. The quantitative estimate of drug-likeness (QED) is 0.534. The van der Waals surface area contributed by atoms with Crippen molar-refractivity contribution in [3.63, 3.8) is 0 Å². The lowest BCUT2D eigenvalue weighted by Gasteiger charge is -2.19. The third-order valence-electron chi connectivity index (χ3n) is 5.27. The zero-order valence-corrected chi connectivity index (χ0v) is 19.4. The second kappa shape index (κ2) is 11.2. The second-order valence-electron chi connectivity index (χ2n) is 7.51. The van der Waals surface area contributed by atoms with Crippen LogP contribution >= 0.6 is 0 Å². The van der Waals surface area contributed by atoms with E-state index in [-0.39, 0.29) is 17.3 Å². The van der Waals surface area contributed by atoms with E-state index in [1.165, 1.54) is 4.31 Å². The fourth-order valence-corrected chi connectivity index (χ4v) is 5.22. The fraction of sp³-hybridized carbons (Fsp3) is 0.435. The van der Waals surface area contributed by atoms with Gasteiger partial charge in [-0.15, -0.1) is 0 Å². The molecule has 1 aliphatic heterocycles. The van der Waals surface area contributed by atoms with Crippen LogP contribution in [0.3, 0.4) is 0 Å². The molecule has 2 aromatic rings. The Labute approximate surface area is 190 Å². The average Bonchev–Trinajstić information content (AvgIpc) is 3.35. The SMILES string of the molecule is CCOc1ccc(NCC(=O)NCCc2ccc(OC)cc2)cc1S(=O)(=O)N1CCCC1. The molecule has 0 aliphatic carbocycles. The van der Waals surface area contributed by atoms with Crippen molar-refractivity contribution in [3.05, 3.63) is 48.0 Å². The van der Waals surface area contributed by atoms with E-state index in [9.17, 15) is 13.2 Å². The molecule has 0 atom stereocenters. The Kier molecular flexibility index (Phi) is 8.35. The molecule has 0 saturated carbocycles. The zero-order valence-electron chi connectivity index (χ0n) is 18.6. The van der Waals surface area contributed by atoms with Gasteiger partial charge in [-0.1, -0.05) is 12.1 Å². The molecule has 9 heteroatoms. The van der Waals surface area contributed by atoms with E-state index in [0.29, 0.717) is 44.1 Å². The Morgan fingerprint density at radius 1 is 1.09 bits per heavy atom. The van der Waals surface area contributed by atoms with Gasteiger partial charge in [-0.25, -0.2) is 8.42 Å². The summed E-state index contributed by atoms with van der Waals surface area (Å²) in [5, 5.41) is 5.88. The average molecular weight is 462 g/mol. The number of sulfonamides is 1. The van der Waals surface area contributed by atoms with E-state index in [1.807, 2.05) is 31.2 Å². The van der Waals surface area contributed by atoms with Gasteiger partial charge < -0.3 is 20.1 Å². The molecule has 0 unspecified atom stereocenters. The minimum Gasteiger partial charge on any atom is -0.497 e. The summed E-state index contributed by atoms with van der Waals surface area (Å²) in [4.78, 5) is 12.4. The highest BCUT2D eigenvalue weighted by Crippen LogP contribution is 2.31. The van der Waals surface area contributed by atoms with Gasteiger partial charge in [0.1, 0.15) is 16.4 Å². The van der Waals surface area contributed by atoms with Crippen LogP contribution in [0, 0.1) is 0 Å². The second-order valence-corrected chi connectivity index (χ2v) is 9.41. The van der Waals surface area contributed by atoms with E-state index in [0.717, 1.165) is 24.2 Å². The van der Waals surface area contributed by atoms with E-state index in [2.05, 4.69) is 10.6 Å². The van der Waals surface area contributed by atoms with Crippen molar-refractivity contribution >= 4 is 21.6 Å². The van der Waals surface area contributed by atoms with Gasteiger partial charge in [0.05, 0.1) is 20.3 Å². The number of anilines is 1. The van der Waals surface area contributed by atoms with Crippen molar-refractivity contribution in [3.8, 4) is 11.5 Å². The zero-order chi connectivity index (χ0) is 23.0. The molecule has 8 nitrogen and oxygen atoms in total. The van der Waals surface area contributed by atoms with Crippen LogP contribution in [0.4, 0.5) is 5.69 Å². The minimum absolute atomic E-state index is 0.0415. The Morgan fingerprint density at radius 3 is 2.47 bits per heavy atom. The number of nitrogens with one attached hydrogen (secondary N) is 2. The van der Waals surface area contributed by atoms with Crippen LogP contribution in [0.2, 0.25) is 0 Å². The summed E-state index contributed by atoms with van der Waals surface area (Å²) in [5.74, 6) is 0.952. The molecule has 0 aromatic heterocycles. The smallest absolute Gasteiger partial charge is 0.246 e. The minimum atomic E-state index is -3.64. The summed E-state index contributed by atoms with van der Waals surface area (Å²) in [5.41, 5.74) is 1.65. The summed E-state index contributed by atoms with van der Waals surface area (Å²) >= 11 is 0. The monoisotopic (exact) mass is 461 g/mol. The molecule has 1 aliphatic rings. The maximum Gasteiger partial charge on any atom is 0.246 e. The van der Waals surface area contributed by atoms with Gasteiger partial charge in [-0.2, -0.15) is 4.31 Å². The molecule has 1 amide bonds. The van der Waals surface area contributed by atoms with Gasteiger partial charge in [-0.05, 0) is 62.1 Å². The van der Waals surface area contributed by atoms with Crippen molar-refractivity contribution < 1.29 is 22.7 Å². The number of hydrogen-bond acceptors (Lipinski definition) is 6. The normalized spacial score (nSPS) is 14.2. The summed E-state index contributed by atoms with van der Waals surface area (Å²) < 4.78 is 38.3. The van der Waals surface area contributed by atoms with Crippen LogP contribution in [0.25, 0.3) is 0 Å². The molecule has 1 fully saturated rings. The van der Waals surface area contributed by atoms with E-state index >= 15 is 0 Å². The molecule has 1 heterocycles. The topological polar surface area (TPSA) is 97.0 Å². The summed E-state index contributed by atoms with van der Waals surface area (Å²) in [7, 11) is -2.02. The number of amides is 1. The lowest BCUT2D eigenvalue weighted by Crippen LogP contribution is -2.31. The molecule has 2 N–H and O–H groups in total. The van der Waals surface area contributed by atoms with Gasteiger partial charge in [0.15, 0.2) is 0 Å². The van der Waals surface area contributed by atoms with Gasteiger partial charge in [0, 0.05) is 25.3 Å². The number of benzene rings is 2. The Hall–Kier alpha value is -2.78. The molecule has 174 valence electrons. The molecule has 0 bridgehead atoms. The molecule has 0 spiro atoms. The maximum atomic E-state index is 13.1. The lowest BCUT2D eigenvalue weighted by atomic mass is 10.1. The highest BCUT2D eigenvalue weighted by molar-refractivity contribution is 7.89. The van der Waals surface area contributed by atoms with Crippen molar-refractivity contribution in [2.75, 3.05) is 45.2 Å². The molecule has 0 radical (unpaired) electrons. The highest BCUT2D eigenvalue weighted by Gasteiger charge is 2.30. The molecular weight excluding hydrogens is 430 g/mol. The van der Waals surface area contributed by atoms with Crippen molar-refractivity contribution in [1.29, 1.82) is 0 Å². The van der Waals surface area contributed by atoms with E-state index in [4.69, 9.17) is 9.47 Å². The molecular formula is C23H31N3O5S. The number of hydrogen-bond donors (Lipinski definition) is 2. The summed E-state index contributed by atoms with van der Waals surface area (Å²) in [6.45, 7) is 3.76. The first-order valence-corrected chi connectivity index (χ1v) is 12.3. The fourth-order valence-electron chi connectivity index (χ4n) is 3.55. The van der Waals surface area contributed by atoms with Gasteiger partial charge >= 0.3 is 0 Å². The first-order valence-electron chi connectivity index (χ1n) is 10.8. The third-order valence-corrected chi connectivity index (χ3v) is 7.19. The highest BCUT2D eigenvalue weighted by atomic mass is 32.2. The van der Waals surface area contributed by atoms with Crippen LogP contribution in [-0.4, -0.2) is 58.5 Å². The largest absolute Gasteiger partial charge is 0.497 e. The standard InChI is InChI=1S/C23H31N3O5S/c1-3-31-21-11-8-19(16-22(21)32(28,29)26-14-4-5-15-26)25-17-23(27)24-13-12-18-6-9-20(30-2)10-7-18/h6-11,16,25H,3-5,12-15,17H2,1-2H3,(H,24,27). The number of rotatable bonds is 11. The van der Waals surface area contributed by atoms with E-state index < -0.39 is 10.0 Å². The van der Waals surface area contributed by atoms with Gasteiger partial charge in [0.25, 0.3) is 0 Å². The van der Waals surface area contributed by atoms with Gasteiger partial charge in [-0.3, -0.25) is 4.79 Å². The predicted molar refractivity (Wildman–Crippen MR) is 124 cm³/mol. The van der Waals surface area contributed by atoms with Crippen molar-refractivity contribution in [2.45, 2.75) is 31.1 Å². The van der Waals surface area contributed by atoms with Crippen LogP contribution in [0.15, 0.2) is 47.4 Å². The number of carbonyl (C=O) groups excluding carboxylic acids is 1.